The van der Waals surface area contributed by atoms with Crippen LogP contribution < -0.4 is 5.32 Å². The molecule has 0 aliphatic carbocycles. The van der Waals surface area contributed by atoms with Crippen LogP contribution in [0.25, 0.3) is 0 Å². The summed E-state index contributed by atoms with van der Waals surface area (Å²) in [6.07, 6.45) is 1.41. The second kappa shape index (κ2) is 10.7. The molecular formula is C17H26IN3O4S. The molecule has 1 heterocycles. The molecule has 2 rings (SSSR count). The molecule has 9 heteroatoms. The number of likely N-dealkylation sites (tertiary alicyclic amines) is 1. The second-order valence-electron chi connectivity index (χ2n) is 5.89. The molecule has 1 N–H and O–H groups in total. The van der Waals surface area contributed by atoms with Crippen molar-refractivity contribution in [3.63, 3.8) is 0 Å². The molecule has 1 aromatic carbocycles. The number of nitrogens with one attached hydrogen (secondary N) is 1. The minimum Gasteiger partial charge on any atom is -0.469 e. The summed E-state index contributed by atoms with van der Waals surface area (Å²) in [5.74, 6) is 0.412. The van der Waals surface area contributed by atoms with Gasteiger partial charge in [0.2, 0.25) is 0 Å². The molecule has 1 aromatic rings. The van der Waals surface area contributed by atoms with Gasteiger partial charge in [-0.15, -0.1) is 24.0 Å². The highest BCUT2D eigenvalue weighted by Crippen LogP contribution is 2.18. The van der Waals surface area contributed by atoms with Gasteiger partial charge < -0.3 is 15.0 Å². The Kier molecular flexibility index (Phi) is 9.34. The van der Waals surface area contributed by atoms with Gasteiger partial charge in [0, 0.05) is 26.7 Å². The molecule has 7 nitrogen and oxygen atoms in total. The zero-order valence-electron chi connectivity index (χ0n) is 15.1. The van der Waals surface area contributed by atoms with Gasteiger partial charge in [-0.2, -0.15) is 0 Å². The summed E-state index contributed by atoms with van der Waals surface area (Å²) < 4.78 is 29.4. The third-order valence-corrected chi connectivity index (χ3v) is 6.03. The summed E-state index contributed by atoms with van der Waals surface area (Å²) in [4.78, 5) is 18.2. The number of hydrogen-bond donors (Lipinski definition) is 1. The number of hydrogen-bond acceptors (Lipinski definition) is 5. The van der Waals surface area contributed by atoms with Crippen LogP contribution >= 0.6 is 24.0 Å². The lowest BCUT2D eigenvalue weighted by molar-refractivity contribution is -0.146. The van der Waals surface area contributed by atoms with Crippen molar-refractivity contribution < 1.29 is 17.9 Å². The fraction of sp³-hybridized carbons (Fsp3) is 0.529. The highest BCUT2D eigenvalue weighted by atomic mass is 127. The second-order valence-corrected chi connectivity index (χ2v) is 8.00. The van der Waals surface area contributed by atoms with E-state index in [-0.39, 0.29) is 48.2 Å². The number of rotatable bonds is 5. The predicted molar refractivity (Wildman–Crippen MR) is 112 cm³/mol. The first-order valence-electron chi connectivity index (χ1n) is 8.29. The minimum atomic E-state index is -3.32. The van der Waals surface area contributed by atoms with Crippen LogP contribution in [0.2, 0.25) is 0 Å². The van der Waals surface area contributed by atoms with E-state index in [9.17, 15) is 13.2 Å². The Hall–Kier alpha value is -1.36. The van der Waals surface area contributed by atoms with Gasteiger partial charge in [0.05, 0.1) is 23.7 Å². The van der Waals surface area contributed by atoms with E-state index in [1.807, 2.05) is 4.90 Å². The molecule has 0 amide bonds. The quantitative estimate of drug-likeness (QED) is 0.289. The van der Waals surface area contributed by atoms with Gasteiger partial charge >= 0.3 is 5.97 Å². The van der Waals surface area contributed by atoms with Crippen molar-refractivity contribution in [1.82, 2.24) is 10.2 Å². The lowest BCUT2D eigenvalue weighted by atomic mass is 9.97. The fourth-order valence-electron chi connectivity index (χ4n) is 2.87. The number of methoxy groups -OCH3 is 1. The topological polar surface area (TPSA) is 88.1 Å². The molecule has 0 spiro atoms. The number of aliphatic imine (C=N–C) groups is 1. The molecule has 1 fully saturated rings. The number of benzene rings is 1. The summed E-state index contributed by atoms with van der Waals surface area (Å²) in [7, 11) is -0.243. The Morgan fingerprint density at radius 3 is 2.42 bits per heavy atom. The zero-order valence-corrected chi connectivity index (χ0v) is 18.2. The van der Waals surface area contributed by atoms with E-state index in [4.69, 9.17) is 4.74 Å². The predicted octanol–water partition coefficient (Wildman–Crippen LogP) is 1.54. The molecule has 0 radical (unpaired) electrons. The highest BCUT2D eigenvalue weighted by molar-refractivity contribution is 14.0. The summed E-state index contributed by atoms with van der Waals surface area (Å²) in [6.45, 7) is 1.65. The van der Waals surface area contributed by atoms with Crippen LogP contribution in [0.1, 0.15) is 12.8 Å². The van der Waals surface area contributed by atoms with Crippen LogP contribution in [0.5, 0.6) is 0 Å². The molecule has 146 valence electrons. The van der Waals surface area contributed by atoms with Crippen molar-refractivity contribution in [2.24, 2.45) is 10.9 Å². The molecule has 0 saturated carbocycles. The number of halogens is 1. The molecule has 1 saturated heterocycles. The van der Waals surface area contributed by atoms with Crippen LogP contribution in [-0.4, -0.2) is 64.8 Å². The Morgan fingerprint density at radius 2 is 1.88 bits per heavy atom. The third-order valence-electron chi connectivity index (χ3n) is 4.30. The van der Waals surface area contributed by atoms with E-state index in [0.29, 0.717) is 36.8 Å². The van der Waals surface area contributed by atoms with Crippen molar-refractivity contribution in [3.8, 4) is 0 Å². The lowest BCUT2D eigenvalue weighted by Crippen LogP contribution is -2.47. The average molecular weight is 495 g/mol. The number of carbonyl (C=O) groups excluding carboxylic acids is 1. The normalized spacial score (nSPS) is 15.9. The van der Waals surface area contributed by atoms with Crippen molar-refractivity contribution in [1.29, 1.82) is 0 Å². The molecule has 0 aromatic heterocycles. The van der Waals surface area contributed by atoms with Crippen LogP contribution in [0.15, 0.2) is 40.2 Å². The number of sulfone groups is 1. The number of nitrogens with zero attached hydrogens (tertiary/aromatic N) is 2. The Bertz CT molecular complexity index is 702. The van der Waals surface area contributed by atoms with Crippen molar-refractivity contribution in [2.75, 3.05) is 39.5 Å². The molecule has 1 aliphatic rings. The number of guanidine groups is 1. The maximum atomic E-state index is 12.3. The maximum Gasteiger partial charge on any atom is 0.308 e. The van der Waals surface area contributed by atoms with E-state index in [1.165, 1.54) is 7.11 Å². The molecule has 1 aliphatic heterocycles. The van der Waals surface area contributed by atoms with Gasteiger partial charge in [-0.05, 0) is 25.0 Å². The monoisotopic (exact) mass is 495 g/mol. The Balaban J connectivity index is 0.00000338. The fourth-order valence-corrected chi connectivity index (χ4v) is 4.05. The largest absolute Gasteiger partial charge is 0.469 e. The van der Waals surface area contributed by atoms with E-state index in [0.717, 1.165) is 0 Å². The van der Waals surface area contributed by atoms with Crippen LogP contribution in [0.4, 0.5) is 0 Å². The zero-order chi connectivity index (χ0) is 18.3. The number of esters is 1. The van der Waals surface area contributed by atoms with E-state index in [2.05, 4.69) is 10.3 Å². The van der Waals surface area contributed by atoms with Gasteiger partial charge in [0.25, 0.3) is 0 Å². The molecule has 26 heavy (non-hydrogen) atoms. The van der Waals surface area contributed by atoms with Crippen LogP contribution in [-0.2, 0) is 19.4 Å². The summed E-state index contributed by atoms with van der Waals surface area (Å²) in [5, 5.41) is 3.10. The van der Waals surface area contributed by atoms with E-state index >= 15 is 0 Å². The van der Waals surface area contributed by atoms with Crippen LogP contribution in [0.3, 0.4) is 0 Å². The smallest absolute Gasteiger partial charge is 0.308 e. The van der Waals surface area contributed by atoms with Gasteiger partial charge in [-0.25, -0.2) is 8.42 Å². The van der Waals surface area contributed by atoms with Crippen molar-refractivity contribution in [3.05, 3.63) is 30.3 Å². The van der Waals surface area contributed by atoms with E-state index < -0.39 is 9.84 Å². The first kappa shape index (κ1) is 22.7. The Morgan fingerprint density at radius 1 is 1.27 bits per heavy atom. The Labute approximate surface area is 172 Å². The summed E-state index contributed by atoms with van der Waals surface area (Å²) in [5.41, 5.74) is 0. The van der Waals surface area contributed by atoms with Crippen molar-refractivity contribution >= 4 is 45.7 Å². The standard InChI is InChI=1S/C17H25N3O4S.HI/c1-18-17(20-11-8-14(9-12-20)16(21)24-2)19-10-13-25(22,23)15-6-4-3-5-7-15;/h3-7,14H,8-13H2,1-2H3,(H,18,19);1H. The molecular weight excluding hydrogens is 469 g/mol. The maximum absolute atomic E-state index is 12.3. The minimum absolute atomic E-state index is 0. The van der Waals surface area contributed by atoms with Crippen LogP contribution in [0, 0.1) is 5.92 Å². The summed E-state index contributed by atoms with van der Waals surface area (Å²) in [6, 6.07) is 8.41. The number of carbonyl (C=O) groups is 1. The number of piperidine rings is 1. The first-order valence-corrected chi connectivity index (χ1v) is 9.94. The average Bonchev–Trinajstić information content (AvgIpc) is 2.65. The first-order chi connectivity index (χ1) is 12.0. The van der Waals surface area contributed by atoms with Gasteiger partial charge in [0.15, 0.2) is 15.8 Å². The third kappa shape index (κ3) is 6.11. The molecule has 0 atom stereocenters. The number of ether oxygens (including phenoxy) is 1. The van der Waals surface area contributed by atoms with Gasteiger partial charge in [-0.3, -0.25) is 9.79 Å². The molecule has 0 unspecified atom stereocenters. The van der Waals surface area contributed by atoms with Gasteiger partial charge in [-0.1, -0.05) is 18.2 Å². The SMILES string of the molecule is CN=C(NCCS(=O)(=O)c1ccccc1)N1CCC(C(=O)OC)CC1.I. The molecule has 0 bridgehead atoms. The van der Waals surface area contributed by atoms with Crippen molar-refractivity contribution in [2.45, 2.75) is 17.7 Å². The van der Waals surface area contributed by atoms with Gasteiger partial charge in [0.1, 0.15) is 0 Å². The lowest BCUT2D eigenvalue weighted by Gasteiger charge is -2.33. The highest BCUT2D eigenvalue weighted by Gasteiger charge is 2.27. The van der Waals surface area contributed by atoms with E-state index in [1.54, 1.807) is 37.4 Å². The summed E-state index contributed by atoms with van der Waals surface area (Å²) >= 11 is 0.